The molecule has 0 spiro atoms. The maximum atomic E-state index is 9.08. The first-order valence-electron chi connectivity index (χ1n) is 3.48. The average molecular weight is 141 g/mol. The number of hydrogen-bond donors (Lipinski definition) is 1. The lowest BCUT2D eigenvalue weighted by Crippen LogP contribution is -1.94. The van der Waals surface area contributed by atoms with Crippen LogP contribution >= 0.6 is 0 Å². The first kappa shape index (κ1) is 9.21. The quantitative estimate of drug-likeness (QED) is 0.465. The Morgan fingerprint density at radius 1 is 1.50 bits per heavy atom. The second kappa shape index (κ2) is 4.09. The van der Waals surface area contributed by atoms with E-state index in [-0.39, 0.29) is 0 Å². The minimum absolute atomic E-state index is 0.293. The molecule has 1 N–H and O–H groups in total. The van der Waals surface area contributed by atoms with Crippen molar-refractivity contribution in [3.05, 3.63) is 11.5 Å². The number of allylic oxidation sites excluding steroid dienone is 2. The number of rotatable bonds is 2. The number of aliphatic imine (C=N–C) groups is 1. The molecule has 2 nitrogen and oxygen atoms in total. The smallest absolute Gasteiger partial charge is 0.111 e. The highest BCUT2D eigenvalue weighted by atomic mass is 16.3. The molecule has 0 aromatic carbocycles. The summed E-state index contributed by atoms with van der Waals surface area (Å²) in [6.45, 7) is 7.50. The molecule has 2 heteroatoms. The predicted molar refractivity (Wildman–Crippen MR) is 44.3 cm³/mol. The van der Waals surface area contributed by atoms with Gasteiger partial charge in [-0.2, -0.15) is 0 Å². The molecule has 0 saturated carbocycles. The second-order valence-corrected chi connectivity index (χ2v) is 2.51. The maximum Gasteiger partial charge on any atom is 0.111 e. The van der Waals surface area contributed by atoms with Gasteiger partial charge in [-0.25, -0.2) is 0 Å². The molecule has 0 aliphatic rings. The van der Waals surface area contributed by atoms with Crippen LogP contribution < -0.4 is 0 Å². The van der Waals surface area contributed by atoms with E-state index in [1.54, 1.807) is 13.1 Å². The summed E-state index contributed by atoms with van der Waals surface area (Å²) in [4.78, 5) is 4.03. The summed E-state index contributed by atoms with van der Waals surface area (Å²) in [6, 6.07) is 0. The lowest BCUT2D eigenvalue weighted by molar-refractivity contribution is 0.397. The summed E-state index contributed by atoms with van der Waals surface area (Å²) in [5.74, 6) is 0.606. The minimum Gasteiger partial charge on any atom is -0.511 e. The van der Waals surface area contributed by atoms with E-state index in [9.17, 15) is 0 Å². The third kappa shape index (κ3) is 2.67. The summed E-state index contributed by atoms with van der Waals surface area (Å²) in [5.41, 5.74) is 0.766. The highest BCUT2D eigenvalue weighted by Gasteiger charge is 2.03. The Morgan fingerprint density at radius 3 is 2.10 bits per heavy atom. The average Bonchev–Trinajstić information content (AvgIpc) is 1.81. The van der Waals surface area contributed by atoms with Crippen LogP contribution in [0.1, 0.15) is 27.7 Å². The molecule has 0 radical (unpaired) electrons. The predicted octanol–water partition coefficient (Wildman–Crippen LogP) is 2.52. The van der Waals surface area contributed by atoms with E-state index in [0.29, 0.717) is 11.7 Å². The molecule has 0 aromatic rings. The van der Waals surface area contributed by atoms with Gasteiger partial charge in [0.05, 0.1) is 5.70 Å². The summed E-state index contributed by atoms with van der Waals surface area (Å²) < 4.78 is 0. The van der Waals surface area contributed by atoms with Crippen LogP contribution in [0.4, 0.5) is 0 Å². The first-order chi connectivity index (χ1) is 4.59. The lowest BCUT2D eigenvalue weighted by atomic mass is 10.1. The van der Waals surface area contributed by atoms with Crippen molar-refractivity contribution in [1.82, 2.24) is 0 Å². The van der Waals surface area contributed by atoms with E-state index < -0.39 is 0 Å². The van der Waals surface area contributed by atoms with Gasteiger partial charge in [0.1, 0.15) is 5.76 Å². The van der Waals surface area contributed by atoms with Crippen molar-refractivity contribution in [2.45, 2.75) is 27.7 Å². The monoisotopic (exact) mass is 141 g/mol. The van der Waals surface area contributed by atoms with Crippen molar-refractivity contribution in [2.75, 3.05) is 0 Å². The summed E-state index contributed by atoms with van der Waals surface area (Å²) in [7, 11) is 0. The molecule has 58 valence electrons. The Bertz CT molecular complexity index is 153. The van der Waals surface area contributed by atoms with Gasteiger partial charge in [-0.1, -0.05) is 13.8 Å². The largest absolute Gasteiger partial charge is 0.511 e. The molecular weight excluding hydrogens is 126 g/mol. The molecule has 0 saturated heterocycles. The normalized spacial score (nSPS) is 14.5. The van der Waals surface area contributed by atoms with Crippen LogP contribution in [0.15, 0.2) is 16.4 Å². The van der Waals surface area contributed by atoms with Gasteiger partial charge in [0.15, 0.2) is 0 Å². The Morgan fingerprint density at radius 2 is 2.00 bits per heavy atom. The molecule has 0 fully saturated rings. The third-order valence-corrected chi connectivity index (χ3v) is 1.19. The molecule has 0 amide bonds. The molecule has 0 aliphatic heterocycles. The highest BCUT2D eigenvalue weighted by molar-refractivity contribution is 5.55. The minimum atomic E-state index is 0.293. The maximum absolute atomic E-state index is 9.08. The standard InChI is InChI=1S/C8H15NO/c1-5-9-8(6(2)3)7(4)10/h5-6,10H,1-4H3/b8-7-,9-5?. The number of aliphatic hydroxyl groups excluding tert-OH is 1. The number of nitrogens with zero attached hydrogens (tertiary/aromatic N) is 1. The van der Waals surface area contributed by atoms with E-state index in [0.717, 1.165) is 5.70 Å². The SMILES string of the molecule is CC=N/C(=C(/C)O)C(C)C. The molecule has 0 rings (SSSR count). The Kier molecular flexibility index (Phi) is 3.77. The van der Waals surface area contributed by atoms with Gasteiger partial charge in [0.25, 0.3) is 0 Å². The van der Waals surface area contributed by atoms with Crippen LogP contribution in [-0.2, 0) is 0 Å². The topological polar surface area (TPSA) is 32.6 Å². The van der Waals surface area contributed by atoms with Gasteiger partial charge in [0.2, 0.25) is 0 Å². The van der Waals surface area contributed by atoms with Crippen molar-refractivity contribution >= 4 is 6.21 Å². The Labute approximate surface area is 62.3 Å². The van der Waals surface area contributed by atoms with Crippen LogP contribution in [0.3, 0.4) is 0 Å². The van der Waals surface area contributed by atoms with Crippen molar-refractivity contribution in [1.29, 1.82) is 0 Å². The van der Waals surface area contributed by atoms with Gasteiger partial charge in [0, 0.05) is 6.21 Å². The van der Waals surface area contributed by atoms with Crippen LogP contribution in [-0.4, -0.2) is 11.3 Å². The molecule has 0 aliphatic carbocycles. The van der Waals surface area contributed by atoms with E-state index in [1.165, 1.54) is 0 Å². The van der Waals surface area contributed by atoms with E-state index >= 15 is 0 Å². The van der Waals surface area contributed by atoms with Crippen molar-refractivity contribution < 1.29 is 5.11 Å². The van der Waals surface area contributed by atoms with Gasteiger partial charge >= 0.3 is 0 Å². The zero-order valence-electron chi connectivity index (χ0n) is 7.05. The molecule has 0 unspecified atom stereocenters. The third-order valence-electron chi connectivity index (χ3n) is 1.19. The van der Waals surface area contributed by atoms with Crippen LogP contribution in [0.25, 0.3) is 0 Å². The molecule has 0 atom stereocenters. The number of aliphatic hydroxyl groups is 1. The molecule has 0 aromatic heterocycles. The molecular formula is C8H15NO. The van der Waals surface area contributed by atoms with E-state index in [4.69, 9.17) is 5.11 Å². The fraction of sp³-hybridized carbons (Fsp3) is 0.625. The Hall–Kier alpha value is -0.790. The lowest BCUT2D eigenvalue weighted by Gasteiger charge is -2.05. The van der Waals surface area contributed by atoms with Crippen molar-refractivity contribution in [3.63, 3.8) is 0 Å². The molecule has 0 bridgehead atoms. The van der Waals surface area contributed by atoms with Gasteiger partial charge < -0.3 is 5.11 Å². The Balaban J connectivity index is 4.44. The summed E-state index contributed by atoms with van der Waals surface area (Å²) in [5, 5.41) is 9.08. The van der Waals surface area contributed by atoms with Crippen LogP contribution in [0.5, 0.6) is 0 Å². The summed E-state index contributed by atoms with van der Waals surface area (Å²) in [6.07, 6.45) is 1.69. The second-order valence-electron chi connectivity index (χ2n) is 2.51. The van der Waals surface area contributed by atoms with Gasteiger partial charge in [-0.15, -0.1) is 0 Å². The first-order valence-corrected chi connectivity index (χ1v) is 3.48. The molecule has 10 heavy (non-hydrogen) atoms. The summed E-state index contributed by atoms with van der Waals surface area (Å²) >= 11 is 0. The fourth-order valence-corrected chi connectivity index (χ4v) is 0.799. The molecule has 0 heterocycles. The zero-order chi connectivity index (χ0) is 8.15. The highest BCUT2D eigenvalue weighted by Crippen LogP contribution is 2.13. The zero-order valence-corrected chi connectivity index (χ0v) is 7.05. The fourth-order valence-electron chi connectivity index (χ4n) is 0.799. The van der Waals surface area contributed by atoms with Crippen LogP contribution in [0, 0.1) is 5.92 Å². The number of hydrogen-bond acceptors (Lipinski definition) is 2. The van der Waals surface area contributed by atoms with Gasteiger partial charge in [-0.3, -0.25) is 4.99 Å². The van der Waals surface area contributed by atoms with Crippen LogP contribution in [0.2, 0.25) is 0 Å². The van der Waals surface area contributed by atoms with E-state index in [2.05, 4.69) is 4.99 Å². The van der Waals surface area contributed by atoms with E-state index in [1.807, 2.05) is 20.8 Å². The van der Waals surface area contributed by atoms with Gasteiger partial charge in [-0.05, 0) is 19.8 Å². The van der Waals surface area contributed by atoms with Crippen molar-refractivity contribution in [2.24, 2.45) is 10.9 Å². The van der Waals surface area contributed by atoms with Crippen molar-refractivity contribution in [3.8, 4) is 0 Å².